The van der Waals surface area contributed by atoms with Gasteiger partial charge in [0.15, 0.2) is 0 Å². The number of non-ortho nitro benzene ring substituents is 1. The molecule has 0 radical (unpaired) electrons. The molecule has 0 unspecified atom stereocenters. The molecule has 0 aromatic heterocycles. The molecule has 2 N–H and O–H groups in total. The number of nitro groups is 1. The number of nitrogens with zero attached hydrogens (tertiary/aromatic N) is 2. The van der Waals surface area contributed by atoms with E-state index in [1.807, 2.05) is 12.1 Å². The lowest BCUT2D eigenvalue weighted by Crippen LogP contribution is -2.22. The first-order chi connectivity index (χ1) is 14.5. The van der Waals surface area contributed by atoms with E-state index in [-0.39, 0.29) is 29.2 Å². The Bertz CT molecular complexity index is 1010. The molecule has 0 bridgehead atoms. The molecule has 0 atom stereocenters. The topological polar surface area (TPSA) is 123 Å². The zero-order chi connectivity index (χ0) is 23.2. The van der Waals surface area contributed by atoms with Gasteiger partial charge in [-0.1, -0.05) is 32.9 Å². The Kier molecular flexibility index (Phi) is 7.47. The SMILES string of the molecule is COc1cc([N+](=O)[O-])ccc1NC(=O)CC(C)=NNC(=O)c1ccc(C(C)(C)C)cc1. The Morgan fingerprint density at radius 3 is 2.32 bits per heavy atom. The average molecular weight is 426 g/mol. The second kappa shape index (κ2) is 9.84. The van der Waals surface area contributed by atoms with Crippen LogP contribution < -0.4 is 15.5 Å². The molecular weight excluding hydrogens is 400 g/mol. The summed E-state index contributed by atoms with van der Waals surface area (Å²) in [6.07, 6.45) is -0.0800. The highest BCUT2D eigenvalue weighted by Gasteiger charge is 2.15. The van der Waals surface area contributed by atoms with E-state index in [1.54, 1.807) is 19.1 Å². The summed E-state index contributed by atoms with van der Waals surface area (Å²) in [7, 11) is 1.35. The van der Waals surface area contributed by atoms with E-state index >= 15 is 0 Å². The van der Waals surface area contributed by atoms with Crippen LogP contribution in [0.2, 0.25) is 0 Å². The number of carbonyl (C=O) groups is 2. The molecule has 2 aromatic carbocycles. The van der Waals surface area contributed by atoms with Gasteiger partial charge >= 0.3 is 0 Å². The molecule has 0 spiro atoms. The fraction of sp³-hybridized carbons (Fsp3) is 0.318. The van der Waals surface area contributed by atoms with Gasteiger partial charge in [-0.15, -0.1) is 0 Å². The molecule has 0 aliphatic rings. The maximum atomic E-state index is 12.3. The van der Waals surface area contributed by atoms with Gasteiger partial charge in [0.1, 0.15) is 5.75 Å². The summed E-state index contributed by atoms with van der Waals surface area (Å²) in [6, 6.07) is 11.1. The monoisotopic (exact) mass is 426 g/mol. The number of amides is 2. The van der Waals surface area contributed by atoms with Crippen LogP contribution in [-0.2, 0) is 10.2 Å². The Labute approximate surface area is 180 Å². The van der Waals surface area contributed by atoms with Crippen molar-refractivity contribution in [2.75, 3.05) is 12.4 Å². The lowest BCUT2D eigenvalue weighted by Gasteiger charge is -2.18. The Morgan fingerprint density at radius 2 is 1.77 bits per heavy atom. The minimum absolute atomic E-state index is 0.0105. The molecule has 2 rings (SSSR count). The number of methoxy groups -OCH3 is 1. The van der Waals surface area contributed by atoms with Gasteiger partial charge in [-0.05, 0) is 36.1 Å². The van der Waals surface area contributed by atoms with Crippen molar-refractivity contribution >= 4 is 28.9 Å². The number of nitrogens with one attached hydrogen (secondary N) is 2. The van der Waals surface area contributed by atoms with Crippen LogP contribution >= 0.6 is 0 Å². The van der Waals surface area contributed by atoms with Crippen LogP contribution in [0.3, 0.4) is 0 Å². The molecular formula is C22H26N4O5. The molecule has 2 aromatic rings. The van der Waals surface area contributed by atoms with E-state index < -0.39 is 10.8 Å². The molecule has 31 heavy (non-hydrogen) atoms. The summed E-state index contributed by atoms with van der Waals surface area (Å²) in [5.41, 5.74) is 4.54. The van der Waals surface area contributed by atoms with Crippen molar-refractivity contribution in [1.29, 1.82) is 0 Å². The van der Waals surface area contributed by atoms with Crippen LogP contribution in [0.25, 0.3) is 0 Å². The first-order valence-electron chi connectivity index (χ1n) is 9.57. The third-order valence-corrected chi connectivity index (χ3v) is 4.45. The molecule has 0 fully saturated rings. The predicted molar refractivity (Wildman–Crippen MR) is 119 cm³/mol. The van der Waals surface area contributed by atoms with Crippen molar-refractivity contribution in [2.45, 2.75) is 39.5 Å². The van der Waals surface area contributed by atoms with E-state index in [1.165, 1.54) is 25.3 Å². The molecule has 0 aliphatic carbocycles. The summed E-state index contributed by atoms with van der Waals surface area (Å²) < 4.78 is 5.09. The molecule has 164 valence electrons. The molecule has 0 saturated heterocycles. The molecule has 0 aliphatic heterocycles. The highest BCUT2D eigenvalue weighted by molar-refractivity contribution is 6.06. The minimum Gasteiger partial charge on any atom is -0.494 e. The number of carbonyl (C=O) groups excluding carboxylic acids is 2. The van der Waals surface area contributed by atoms with Gasteiger partial charge in [-0.25, -0.2) is 5.43 Å². The van der Waals surface area contributed by atoms with Crippen LogP contribution in [0.5, 0.6) is 5.75 Å². The Morgan fingerprint density at radius 1 is 1.13 bits per heavy atom. The number of hydrogen-bond acceptors (Lipinski definition) is 6. The average Bonchev–Trinajstić information content (AvgIpc) is 2.71. The van der Waals surface area contributed by atoms with Crippen molar-refractivity contribution in [3.05, 3.63) is 63.7 Å². The summed E-state index contributed by atoms with van der Waals surface area (Å²) >= 11 is 0. The molecule has 0 saturated carbocycles. The summed E-state index contributed by atoms with van der Waals surface area (Å²) in [5, 5.41) is 17.4. The molecule has 9 heteroatoms. The summed E-state index contributed by atoms with van der Waals surface area (Å²) in [5.74, 6) is -0.612. The maximum absolute atomic E-state index is 12.3. The van der Waals surface area contributed by atoms with E-state index in [4.69, 9.17) is 4.74 Å². The largest absolute Gasteiger partial charge is 0.494 e. The maximum Gasteiger partial charge on any atom is 0.273 e. The molecule has 0 heterocycles. The summed E-state index contributed by atoms with van der Waals surface area (Å²) in [6.45, 7) is 7.88. The van der Waals surface area contributed by atoms with Gasteiger partial charge in [0.05, 0.1) is 30.2 Å². The number of hydrogen-bond donors (Lipinski definition) is 2. The van der Waals surface area contributed by atoms with Crippen molar-refractivity contribution < 1.29 is 19.2 Å². The number of hydrazone groups is 1. The van der Waals surface area contributed by atoms with Crippen LogP contribution in [0.15, 0.2) is 47.6 Å². The number of nitro benzene ring substituents is 1. The first-order valence-corrected chi connectivity index (χ1v) is 9.57. The van der Waals surface area contributed by atoms with Crippen LogP contribution in [0.1, 0.15) is 50.0 Å². The third kappa shape index (κ3) is 6.63. The van der Waals surface area contributed by atoms with Crippen molar-refractivity contribution in [3.63, 3.8) is 0 Å². The van der Waals surface area contributed by atoms with E-state index in [2.05, 4.69) is 36.6 Å². The number of ether oxygens (including phenoxy) is 1. The zero-order valence-corrected chi connectivity index (χ0v) is 18.2. The second-order valence-electron chi connectivity index (χ2n) is 7.98. The number of benzene rings is 2. The highest BCUT2D eigenvalue weighted by Crippen LogP contribution is 2.29. The fourth-order valence-electron chi connectivity index (χ4n) is 2.70. The van der Waals surface area contributed by atoms with Gasteiger partial charge in [0.25, 0.3) is 11.6 Å². The quantitative estimate of drug-likeness (QED) is 0.393. The normalized spacial score (nSPS) is 11.6. The smallest absolute Gasteiger partial charge is 0.273 e. The number of rotatable bonds is 7. The van der Waals surface area contributed by atoms with Gasteiger partial charge < -0.3 is 10.1 Å². The van der Waals surface area contributed by atoms with Gasteiger partial charge in [-0.3, -0.25) is 19.7 Å². The Balaban J connectivity index is 1.97. The van der Waals surface area contributed by atoms with Crippen molar-refractivity contribution in [1.82, 2.24) is 5.43 Å². The number of anilines is 1. The predicted octanol–water partition coefficient (Wildman–Crippen LogP) is 4.04. The molecule has 9 nitrogen and oxygen atoms in total. The van der Waals surface area contributed by atoms with Crippen molar-refractivity contribution in [3.8, 4) is 5.75 Å². The van der Waals surface area contributed by atoms with Gasteiger partial charge in [0, 0.05) is 17.3 Å². The standard InChI is InChI=1S/C22H26N4O5/c1-14(24-25-21(28)15-6-8-16(9-7-15)22(2,3)4)12-20(27)23-18-11-10-17(26(29)30)13-19(18)31-5/h6-11,13H,12H2,1-5H3,(H,23,27)(H,25,28). The van der Waals surface area contributed by atoms with E-state index in [0.29, 0.717) is 17.0 Å². The lowest BCUT2D eigenvalue weighted by atomic mass is 9.87. The van der Waals surface area contributed by atoms with E-state index in [9.17, 15) is 19.7 Å². The second-order valence-corrected chi connectivity index (χ2v) is 7.98. The summed E-state index contributed by atoms with van der Waals surface area (Å²) in [4.78, 5) is 34.8. The Hall–Kier alpha value is -3.75. The van der Waals surface area contributed by atoms with Crippen LogP contribution in [-0.4, -0.2) is 29.6 Å². The fourth-order valence-corrected chi connectivity index (χ4v) is 2.70. The van der Waals surface area contributed by atoms with Crippen molar-refractivity contribution in [2.24, 2.45) is 5.10 Å². The third-order valence-electron chi connectivity index (χ3n) is 4.45. The zero-order valence-electron chi connectivity index (χ0n) is 18.2. The minimum atomic E-state index is -0.551. The van der Waals surface area contributed by atoms with Gasteiger partial charge in [0.2, 0.25) is 5.91 Å². The highest BCUT2D eigenvalue weighted by atomic mass is 16.6. The molecule has 2 amide bonds. The van der Waals surface area contributed by atoms with Crippen LogP contribution in [0.4, 0.5) is 11.4 Å². The van der Waals surface area contributed by atoms with Gasteiger partial charge in [-0.2, -0.15) is 5.10 Å². The lowest BCUT2D eigenvalue weighted by molar-refractivity contribution is -0.384. The van der Waals surface area contributed by atoms with Crippen LogP contribution in [0, 0.1) is 10.1 Å². The first kappa shape index (κ1) is 23.5. The van der Waals surface area contributed by atoms with E-state index in [0.717, 1.165) is 5.56 Å².